The number of allylic oxidation sites excluding steroid dienone is 2. The highest BCUT2D eigenvalue weighted by atomic mass is 32.2. The summed E-state index contributed by atoms with van der Waals surface area (Å²) in [5.74, 6) is 0.648. The zero-order valence-electron chi connectivity index (χ0n) is 11.4. The van der Waals surface area contributed by atoms with Crippen LogP contribution < -0.4 is 0 Å². The Hall–Kier alpha value is -0.970. The first-order valence-electron chi connectivity index (χ1n) is 6.78. The van der Waals surface area contributed by atoms with Gasteiger partial charge < -0.3 is 10.0 Å². The summed E-state index contributed by atoms with van der Waals surface area (Å²) in [6.45, 7) is 0. The van der Waals surface area contributed by atoms with Crippen molar-refractivity contribution in [1.29, 1.82) is 0 Å². The largest absolute Gasteiger partial charge is 0.481 e. The van der Waals surface area contributed by atoms with Gasteiger partial charge in [-0.25, -0.2) is 0 Å². The third-order valence-electron chi connectivity index (χ3n) is 3.94. The van der Waals surface area contributed by atoms with Crippen molar-refractivity contribution in [2.45, 2.75) is 38.5 Å². The molecule has 2 aliphatic rings. The van der Waals surface area contributed by atoms with Crippen LogP contribution >= 0.6 is 11.8 Å². The Morgan fingerprint density at radius 3 is 2.74 bits per heavy atom. The number of amides is 1. The fraction of sp³-hybridized carbons (Fsp3) is 0.714. The summed E-state index contributed by atoms with van der Waals surface area (Å²) in [5.41, 5.74) is 1.11. The van der Waals surface area contributed by atoms with Crippen molar-refractivity contribution in [3.05, 3.63) is 11.8 Å². The van der Waals surface area contributed by atoms with E-state index in [-0.39, 0.29) is 17.7 Å². The van der Waals surface area contributed by atoms with Crippen molar-refractivity contribution >= 4 is 23.6 Å². The molecule has 2 aliphatic carbocycles. The third kappa shape index (κ3) is 4.00. The molecular weight excluding hydrogens is 262 g/mol. The quantitative estimate of drug-likeness (QED) is 0.780. The number of carbonyl (C=O) groups excluding carboxylic acids is 1. The molecule has 0 spiro atoms. The van der Waals surface area contributed by atoms with Gasteiger partial charge in [-0.2, -0.15) is 11.8 Å². The fourth-order valence-electron chi connectivity index (χ4n) is 2.44. The van der Waals surface area contributed by atoms with Crippen LogP contribution in [0, 0.1) is 5.41 Å². The number of aliphatic carboxylic acids is 1. The van der Waals surface area contributed by atoms with Gasteiger partial charge in [0.2, 0.25) is 5.91 Å². The summed E-state index contributed by atoms with van der Waals surface area (Å²) in [6.07, 6.45) is 7.56. The first-order chi connectivity index (χ1) is 9.02. The summed E-state index contributed by atoms with van der Waals surface area (Å²) < 4.78 is 0. The number of hydrogen-bond acceptors (Lipinski definition) is 3. The van der Waals surface area contributed by atoms with E-state index in [1.807, 2.05) is 7.05 Å². The van der Waals surface area contributed by atoms with Gasteiger partial charge in [0.25, 0.3) is 0 Å². The summed E-state index contributed by atoms with van der Waals surface area (Å²) in [5, 5.41) is 8.84. The molecule has 0 aromatic carbocycles. The van der Waals surface area contributed by atoms with Gasteiger partial charge in [-0.05, 0) is 43.3 Å². The molecule has 0 heterocycles. The lowest BCUT2D eigenvalue weighted by Crippen LogP contribution is -2.27. The van der Waals surface area contributed by atoms with Gasteiger partial charge in [0.1, 0.15) is 0 Å². The average molecular weight is 283 g/mol. The number of carboxylic acids is 1. The van der Waals surface area contributed by atoms with E-state index in [0.29, 0.717) is 5.75 Å². The summed E-state index contributed by atoms with van der Waals surface area (Å²) in [6, 6.07) is 0. The standard InChI is InChI=1S/C14H21NO3S/c1-15(11-4-2-3-5-11)12(16)9-19-10-14(6-7-14)8-13(17)18/h4H,2-3,5-10H2,1H3,(H,17,18). The minimum atomic E-state index is -0.724. The highest BCUT2D eigenvalue weighted by Crippen LogP contribution is 2.51. The van der Waals surface area contributed by atoms with E-state index in [4.69, 9.17) is 5.11 Å². The number of hydrogen-bond donors (Lipinski definition) is 1. The SMILES string of the molecule is CN(C(=O)CSCC1(CC(=O)O)CC1)C1=CCCC1. The summed E-state index contributed by atoms with van der Waals surface area (Å²) >= 11 is 1.58. The van der Waals surface area contributed by atoms with E-state index in [9.17, 15) is 9.59 Å². The molecule has 1 saturated carbocycles. The predicted octanol–water partition coefficient (Wildman–Crippen LogP) is 2.50. The Morgan fingerprint density at radius 2 is 2.21 bits per heavy atom. The summed E-state index contributed by atoms with van der Waals surface area (Å²) in [7, 11) is 1.84. The lowest BCUT2D eigenvalue weighted by molar-refractivity contribution is -0.138. The number of thioether (sulfide) groups is 1. The zero-order valence-corrected chi connectivity index (χ0v) is 12.2. The second-order valence-electron chi connectivity index (χ2n) is 5.60. The van der Waals surface area contributed by atoms with Crippen LogP contribution in [0.3, 0.4) is 0 Å². The molecule has 2 rings (SSSR count). The molecule has 0 aromatic heterocycles. The van der Waals surface area contributed by atoms with Crippen molar-refractivity contribution < 1.29 is 14.7 Å². The molecule has 4 nitrogen and oxygen atoms in total. The van der Waals surface area contributed by atoms with Gasteiger partial charge in [-0.1, -0.05) is 6.08 Å². The average Bonchev–Trinajstić information content (AvgIpc) is 2.91. The number of carbonyl (C=O) groups is 2. The molecule has 106 valence electrons. The van der Waals surface area contributed by atoms with Gasteiger partial charge in [-0.15, -0.1) is 0 Å². The normalized spacial score (nSPS) is 19.9. The molecule has 0 radical (unpaired) electrons. The maximum absolute atomic E-state index is 12.0. The Labute approximate surface area is 118 Å². The number of rotatable bonds is 7. The molecule has 0 bridgehead atoms. The molecule has 1 N–H and O–H groups in total. The number of carboxylic acid groups (broad SMARTS) is 1. The second-order valence-corrected chi connectivity index (χ2v) is 6.59. The molecule has 1 amide bonds. The maximum atomic E-state index is 12.0. The molecular formula is C14H21NO3S. The molecule has 0 aromatic rings. The molecule has 0 aliphatic heterocycles. The number of nitrogens with zero attached hydrogens (tertiary/aromatic N) is 1. The van der Waals surface area contributed by atoms with Crippen molar-refractivity contribution in [2.24, 2.45) is 5.41 Å². The topological polar surface area (TPSA) is 57.6 Å². The Kier molecular flexibility index (Phi) is 4.55. The van der Waals surface area contributed by atoms with Crippen LogP contribution in [0.2, 0.25) is 0 Å². The van der Waals surface area contributed by atoms with Crippen molar-refractivity contribution in [2.75, 3.05) is 18.6 Å². The van der Waals surface area contributed by atoms with E-state index in [0.717, 1.165) is 43.6 Å². The Morgan fingerprint density at radius 1 is 1.47 bits per heavy atom. The smallest absolute Gasteiger partial charge is 0.303 e. The fourth-order valence-corrected chi connectivity index (χ4v) is 3.73. The van der Waals surface area contributed by atoms with Crippen LogP contribution in [0.25, 0.3) is 0 Å². The minimum absolute atomic E-state index is 0.0258. The van der Waals surface area contributed by atoms with Gasteiger partial charge in [-0.3, -0.25) is 9.59 Å². The molecule has 0 atom stereocenters. The first-order valence-corrected chi connectivity index (χ1v) is 7.93. The monoisotopic (exact) mass is 283 g/mol. The van der Waals surface area contributed by atoms with Gasteiger partial charge >= 0.3 is 5.97 Å². The highest BCUT2D eigenvalue weighted by Gasteiger charge is 2.44. The highest BCUT2D eigenvalue weighted by molar-refractivity contribution is 7.99. The van der Waals surface area contributed by atoms with Crippen LogP contribution in [-0.4, -0.2) is 40.4 Å². The second kappa shape index (κ2) is 5.99. The third-order valence-corrected chi connectivity index (χ3v) is 5.21. The van der Waals surface area contributed by atoms with Crippen LogP contribution in [0.4, 0.5) is 0 Å². The van der Waals surface area contributed by atoms with Crippen molar-refractivity contribution in [3.8, 4) is 0 Å². The lowest BCUT2D eigenvalue weighted by atomic mass is 10.1. The van der Waals surface area contributed by atoms with Gasteiger partial charge in [0, 0.05) is 12.7 Å². The molecule has 0 unspecified atom stereocenters. The van der Waals surface area contributed by atoms with Crippen molar-refractivity contribution in [1.82, 2.24) is 4.90 Å². The Balaban J connectivity index is 1.70. The lowest BCUT2D eigenvalue weighted by Gasteiger charge is -2.19. The van der Waals surface area contributed by atoms with Crippen LogP contribution in [-0.2, 0) is 9.59 Å². The van der Waals surface area contributed by atoms with Gasteiger partial charge in [0.05, 0.1) is 12.2 Å². The van der Waals surface area contributed by atoms with Crippen LogP contribution in [0.5, 0.6) is 0 Å². The zero-order chi connectivity index (χ0) is 13.9. The molecule has 1 fully saturated rings. The van der Waals surface area contributed by atoms with E-state index < -0.39 is 5.97 Å². The summed E-state index contributed by atoms with van der Waals surface area (Å²) in [4.78, 5) is 24.5. The van der Waals surface area contributed by atoms with E-state index >= 15 is 0 Å². The minimum Gasteiger partial charge on any atom is -0.481 e. The first kappa shape index (κ1) is 14.4. The van der Waals surface area contributed by atoms with E-state index in [1.54, 1.807) is 16.7 Å². The van der Waals surface area contributed by atoms with E-state index in [2.05, 4.69) is 6.08 Å². The molecule has 0 saturated heterocycles. The predicted molar refractivity (Wildman–Crippen MR) is 75.9 cm³/mol. The van der Waals surface area contributed by atoms with Crippen LogP contribution in [0.1, 0.15) is 38.5 Å². The molecule has 5 heteroatoms. The molecule has 19 heavy (non-hydrogen) atoms. The maximum Gasteiger partial charge on any atom is 0.303 e. The van der Waals surface area contributed by atoms with Crippen molar-refractivity contribution in [3.63, 3.8) is 0 Å². The van der Waals surface area contributed by atoms with Crippen LogP contribution in [0.15, 0.2) is 11.8 Å². The van der Waals surface area contributed by atoms with E-state index in [1.165, 1.54) is 0 Å². The van der Waals surface area contributed by atoms with Gasteiger partial charge in [0.15, 0.2) is 0 Å². The Bertz CT molecular complexity index is 401.